The Labute approximate surface area is 111 Å². The van der Waals surface area contributed by atoms with Crippen LogP contribution in [0.3, 0.4) is 0 Å². The van der Waals surface area contributed by atoms with Crippen molar-refractivity contribution in [1.29, 1.82) is 0 Å². The highest BCUT2D eigenvalue weighted by atomic mass is 16.3. The van der Waals surface area contributed by atoms with Gasteiger partial charge in [-0.05, 0) is 12.1 Å². The van der Waals surface area contributed by atoms with Crippen LogP contribution in [0.4, 0.5) is 0 Å². The van der Waals surface area contributed by atoms with E-state index in [1.807, 2.05) is 54.2 Å². The molecule has 1 N–H and O–H groups in total. The van der Waals surface area contributed by atoms with E-state index in [1.54, 1.807) is 6.33 Å². The summed E-state index contributed by atoms with van der Waals surface area (Å²) in [6.07, 6.45) is 3.37. The number of hydrogen-bond donors (Lipinski definition) is 1. The molecule has 0 bridgehead atoms. The third-order valence-electron chi connectivity index (χ3n) is 3.12. The molecular formula is C15H15N3O. The number of para-hydroxylation sites is 1. The Morgan fingerprint density at radius 3 is 2.84 bits per heavy atom. The number of aliphatic hydroxyl groups excluding tert-OH is 1. The topological polar surface area (TPSA) is 50.9 Å². The maximum Gasteiger partial charge on any atom is 0.103 e. The average molecular weight is 253 g/mol. The number of nitrogens with zero attached hydrogens (tertiary/aromatic N) is 3. The fourth-order valence-electron chi connectivity index (χ4n) is 2.13. The van der Waals surface area contributed by atoms with Crippen LogP contribution in [0.15, 0.2) is 48.9 Å². The van der Waals surface area contributed by atoms with Gasteiger partial charge in [-0.15, -0.1) is 0 Å². The van der Waals surface area contributed by atoms with E-state index in [-0.39, 0.29) is 0 Å². The molecule has 0 spiro atoms. The van der Waals surface area contributed by atoms with E-state index in [4.69, 9.17) is 0 Å². The molecule has 1 aromatic carbocycles. The van der Waals surface area contributed by atoms with Crippen LogP contribution >= 0.6 is 0 Å². The number of hydrogen-bond acceptors (Lipinski definition) is 3. The van der Waals surface area contributed by atoms with E-state index >= 15 is 0 Å². The summed E-state index contributed by atoms with van der Waals surface area (Å²) >= 11 is 0. The van der Waals surface area contributed by atoms with Gasteiger partial charge < -0.3 is 9.67 Å². The normalized spacial score (nSPS) is 12.7. The number of benzene rings is 1. The van der Waals surface area contributed by atoms with Gasteiger partial charge in [0.05, 0.1) is 17.5 Å². The first-order valence-corrected chi connectivity index (χ1v) is 6.23. The Morgan fingerprint density at radius 1 is 1.21 bits per heavy atom. The fraction of sp³-hybridized carbons (Fsp3) is 0.200. The molecule has 0 aliphatic heterocycles. The van der Waals surface area contributed by atoms with Gasteiger partial charge in [-0.1, -0.05) is 24.3 Å². The summed E-state index contributed by atoms with van der Waals surface area (Å²) < 4.78 is 1.83. The quantitative estimate of drug-likeness (QED) is 0.779. The molecule has 19 heavy (non-hydrogen) atoms. The Hall–Kier alpha value is -2.20. The van der Waals surface area contributed by atoms with Gasteiger partial charge in [0, 0.05) is 30.7 Å². The summed E-state index contributed by atoms with van der Waals surface area (Å²) in [5, 5.41) is 11.3. The number of pyridine rings is 1. The average Bonchev–Trinajstić information content (AvgIpc) is 2.85. The molecule has 3 rings (SSSR count). The minimum absolute atomic E-state index is 0.474. The molecule has 0 aliphatic rings. The molecule has 2 aromatic heterocycles. The number of aryl methyl sites for hydroxylation is 1. The zero-order chi connectivity index (χ0) is 13.2. The second-order valence-electron chi connectivity index (χ2n) is 4.68. The highest BCUT2D eigenvalue weighted by molar-refractivity contribution is 5.78. The molecular weight excluding hydrogens is 238 g/mol. The van der Waals surface area contributed by atoms with Gasteiger partial charge in [-0.2, -0.15) is 0 Å². The van der Waals surface area contributed by atoms with E-state index in [1.165, 1.54) is 0 Å². The van der Waals surface area contributed by atoms with Crippen molar-refractivity contribution >= 4 is 10.9 Å². The minimum atomic E-state index is -0.616. The third-order valence-corrected chi connectivity index (χ3v) is 3.12. The van der Waals surface area contributed by atoms with Crippen LogP contribution in [-0.2, 0) is 13.5 Å². The molecule has 4 nitrogen and oxygen atoms in total. The van der Waals surface area contributed by atoms with Crippen LogP contribution in [0.1, 0.15) is 17.5 Å². The molecule has 0 radical (unpaired) electrons. The predicted octanol–water partition coefficient (Wildman–Crippen LogP) is 2.24. The molecule has 2 heterocycles. The summed E-state index contributed by atoms with van der Waals surface area (Å²) in [5.41, 5.74) is 2.50. The molecule has 0 amide bonds. The monoisotopic (exact) mass is 253 g/mol. The largest absolute Gasteiger partial charge is 0.386 e. The molecule has 0 saturated carbocycles. The van der Waals surface area contributed by atoms with Crippen LogP contribution in [-0.4, -0.2) is 19.6 Å². The van der Waals surface area contributed by atoms with Gasteiger partial charge >= 0.3 is 0 Å². The summed E-state index contributed by atoms with van der Waals surface area (Å²) in [6, 6.07) is 11.9. The molecule has 0 saturated heterocycles. The van der Waals surface area contributed by atoms with Crippen LogP contribution in [0, 0.1) is 0 Å². The van der Waals surface area contributed by atoms with E-state index in [0.29, 0.717) is 12.1 Å². The highest BCUT2D eigenvalue weighted by Crippen LogP contribution is 2.18. The number of aliphatic hydroxyl groups is 1. The van der Waals surface area contributed by atoms with Gasteiger partial charge in [-0.25, -0.2) is 4.98 Å². The van der Waals surface area contributed by atoms with Gasteiger partial charge in [0.25, 0.3) is 0 Å². The Bertz CT molecular complexity index is 705. The van der Waals surface area contributed by atoms with Crippen molar-refractivity contribution in [1.82, 2.24) is 14.5 Å². The van der Waals surface area contributed by atoms with Crippen LogP contribution in [0.25, 0.3) is 10.9 Å². The first-order chi connectivity index (χ1) is 9.22. The van der Waals surface area contributed by atoms with Crippen molar-refractivity contribution < 1.29 is 5.11 Å². The highest BCUT2D eigenvalue weighted by Gasteiger charge is 2.12. The lowest BCUT2D eigenvalue weighted by Gasteiger charge is -2.08. The van der Waals surface area contributed by atoms with Crippen molar-refractivity contribution in [2.24, 2.45) is 7.05 Å². The molecule has 4 heteroatoms. The number of imidazole rings is 1. The van der Waals surface area contributed by atoms with E-state index in [0.717, 1.165) is 16.6 Å². The summed E-state index contributed by atoms with van der Waals surface area (Å²) in [4.78, 5) is 8.71. The molecule has 0 aliphatic carbocycles. The zero-order valence-electron chi connectivity index (χ0n) is 10.7. The second-order valence-corrected chi connectivity index (χ2v) is 4.68. The van der Waals surface area contributed by atoms with Gasteiger partial charge in [0.15, 0.2) is 0 Å². The van der Waals surface area contributed by atoms with Gasteiger partial charge in [-0.3, -0.25) is 4.98 Å². The molecule has 3 aromatic rings. The van der Waals surface area contributed by atoms with E-state index < -0.39 is 6.10 Å². The van der Waals surface area contributed by atoms with Crippen LogP contribution in [0.5, 0.6) is 0 Å². The van der Waals surface area contributed by atoms with Crippen molar-refractivity contribution in [3.8, 4) is 0 Å². The lowest BCUT2D eigenvalue weighted by atomic mass is 10.1. The van der Waals surface area contributed by atoms with Crippen molar-refractivity contribution in [3.05, 3.63) is 60.3 Å². The van der Waals surface area contributed by atoms with Gasteiger partial charge in [0.2, 0.25) is 0 Å². The number of fused-ring (bicyclic) bond motifs is 1. The van der Waals surface area contributed by atoms with Crippen molar-refractivity contribution in [2.75, 3.05) is 0 Å². The molecule has 0 fully saturated rings. The summed E-state index contributed by atoms with van der Waals surface area (Å²) in [5.74, 6) is 0. The Balaban J connectivity index is 1.84. The van der Waals surface area contributed by atoms with Crippen LogP contribution in [0.2, 0.25) is 0 Å². The SMILES string of the molecule is Cn1cnc(C(O)Cc2ccc3ccccc3n2)c1. The van der Waals surface area contributed by atoms with Crippen molar-refractivity contribution in [3.63, 3.8) is 0 Å². The predicted molar refractivity (Wildman–Crippen MR) is 73.6 cm³/mol. The minimum Gasteiger partial charge on any atom is -0.386 e. The first-order valence-electron chi connectivity index (χ1n) is 6.23. The second kappa shape index (κ2) is 4.82. The van der Waals surface area contributed by atoms with Gasteiger partial charge in [0.1, 0.15) is 6.10 Å². The lowest BCUT2D eigenvalue weighted by molar-refractivity contribution is 0.173. The first kappa shape index (κ1) is 11.9. The maximum atomic E-state index is 10.1. The number of rotatable bonds is 3. The van der Waals surface area contributed by atoms with E-state index in [2.05, 4.69) is 9.97 Å². The molecule has 1 unspecified atom stereocenters. The maximum absolute atomic E-state index is 10.1. The van der Waals surface area contributed by atoms with Crippen molar-refractivity contribution in [2.45, 2.75) is 12.5 Å². The number of aromatic nitrogens is 3. The van der Waals surface area contributed by atoms with E-state index in [9.17, 15) is 5.11 Å². The molecule has 96 valence electrons. The zero-order valence-corrected chi connectivity index (χ0v) is 10.7. The summed E-state index contributed by atoms with van der Waals surface area (Å²) in [6.45, 7) is 0. The lowest BCUT2D eigenvalue weighted by Crippen LogP contribution is -2.04. The summed E-state index contributed by atoms with van der Waals surface area (Å²) in [7, 11) is 1.89. The van der Waals surface area contributed by atoms with Crippen LogP contribution < -0.4 is 0 Å². The Kier molecular flexibility index (Phi) is 3.01. The molecule has 1 atom stereocenters. The standard InChI is InChI=1S/C15H15N3O/c1-18-9-14(16-10-18)15(19)8-12-7-6-11-4-2-3-5-13(11)17-12/h2-7,9-10,15,19H,8H2,1H3. The smallest absolute Gasteiger partial charge is 0.103 e. The third kappa shape index (κ3) is 2.48. The Morgan fingerprint density at radius 2 is 2.05 bits per heavy atom. The fourth-order valence-corrected chi connectivity index (χ4v) is 2.13.